The minimum Gasteiger partial charge on any atom is -0.206 e. The van der Waals surface area contributed by atoms with Gasteiger partial charge in [0.2, 0.25) is 0 Å². The predicted octanol–water partition coefficient (Wildman–Crippen LogP) is 7.15. The van der Waals surface area contributed by atoms with Gasteiger partial charge < -0.3 is 0 Å². The molecule has 148 valence electrons. The molecule has 0 aliphatic heterocycles. The topological polar surface area (TPSA) is 0 Å². The second-order valence-corrected chi connectivity index (χ2v) is 8.10. The molecule has 0 radical (unpaired) electrons. The van der Waals surface area contributed by atoms with E-state index in [4.69, 9.17) is 0 Å². The molecule has 1 fully saturated rings. The van der Waals surface area contributed by atoms with Crippen LogP contribution in [0.5, 0.6) is 0 Å². The first-order chi connectivity index (χ1) is 13.5. The Hall–Kier alpha value is -2.10. The molecular formula is C24H24F4. The van der Waals surface area contributed by atoms with E-state index in [0.717, 1.165) is 30.0 Å². The van der Waals surface area contributed by atoms with Gasteiger partial charge in [-0.15, -0.1) is 0 Å². The Morgan fingerprint density at radius 1 is 0.893 bits per heavy atom. The van der Waals surface area contributed by atoms with Gasteiger partial charge in [0.15, 0.2) is 17.5 Å². The minimum absolute atomic E-state index is 0.0179. The van der Waals surface area contributed by atoms with E-state index in [1.807, 2.05) is 6.07 Å². The Balaban J connectivity index is 1.59. The molecule has 0 nitrogen and oxygen atoms in total. The molecule has 0 bridgehead atoms. The maximum absolute atomic E-state index is 15.1. The fourth-order valence-corrected chi connectivity index (χ4v) is 4.76. The third-order valence-electron chi connectivity index (χ3n) is 6.55. The van der Waals surface area contributed by atoms with Crippen LogP contribution in [-0.2, 0) is 12.8 Å². The van der Waals surface area contributed by atoms with Gasteiger partial charge >= 0.3 is 0 Å². The Kier molecular flexibility index (Phi) is 5.31. The highest BCUT2D eigenvalue weighted by Gasteiger charge is 2.26. The number of rotatable bonds is 3. The van der Waals surface area contributed by atoms with E-state index in [2.05, 4.69) is 13.0 Å². The highest BCUT2D eigenvalue weighted by atomic mass is 19.2. The number of fused-ring (bicyclic) bond motifs is 1. The van der Waals surface area contributed by atoms with E-state index >= 15 is 4.39 Å². The van der Waals surface area contributed by atoms with Crippen LogP contribution in [0.1, 0.15) is 50.2 Å². The lowest BCUT2D eigenvalue weighted by atomic mass is 9.74. The van der Waals surface area contributed by atoms with Crippen molar-refractivity contribution in [1.29, 1.82) is 0 Å². The Morgan fingerprint density at radius 2 is 1.57 bits per heavy atom. The molecule has 4 heteroatoms. The lowest BCUT2D eigenvalue weighted by Crippen LogP contribution is -2.19. The highest BCUT2D eigenvalue weighted by molar-refractivity contribution is 5.67. The van der Waals surface area contributed by atoms with Crippen LogP contribution in [-0.4, -0.2) is 0 Å². The van der Waals surface area contributed by atoms with E-state index in [9.17, 15) is 13.2 Å². The molecule has 1 saturated carbocycles. The minimum atomic E-state index is -1.53. The van der Waals surface area contributed by atoms with Gasteiger partial charge in [-0.25, -0.2) is 17.6 Å². The quantitative estimate of drug-likeness (QED) is 0.297. The summed E-state index contributed by atoms with van der Waals surface area (Å²) in [5.41, 5.74) is 3.04. The summed E-state index contributed by atoms with van der Waals surface area (Å²) in [5, 5.41) is 0. The molecular weight excluding hydrogens is 364 g/mol. The van der Waals surface area contributed by atoms with Crippen LogP contribution < -0.4 is 0 Å². The summed E-state index contributed by atoms with van der Waals surface area (Å²) in [7, 11) is 0. The third kappa shape index (κ3) is 3.49. The molecule has 28 heavy (non-hydrogen) atoms. The Bertz CT molecular complexity index is 897. The average Bonchev–Trinajstić information content (AvgIpc) is 2.72. The van der Waals surface area contributed by atoms with Crippen molar-refractivity contribution in [3.05, 3.63) is 70.3 Å². The highest BCUT2D eigenvalue weighted by Crippen LogP contribution is 2.39. The van der Waals surface area contributed by atoms with E-state index in [-0.39, 0.29) is 11.1 Å². The standard InChI is InChI=1S/C24H24F4/c1-2-14-3-5-15(6-4-14)16-7-9-19-17(11-16)8-10-20(23(19)27)18-12-21(25)24(28)22(26)13-18/h7-8,10,12-15H,2-6,9,11H2,1H3. The zero-order chi connectivity index (χ0) is 19.8. The maximum atomic E-state index is 15.1. The summed E-state index contributed by atoms with van der Waals surface area (Å²) in [6.07, 6.45) is 9.54. The van der Waals surface area contributed by atoms with Crippen molar-refractivity contribution < 1.29 is 17.6 Å². The maximum Gasteiger partial charge on any atom is 0.194 e. The van der Waals surface area contributed by atoms with Crippen molar-refractivity contribution in [2.24, 2.45) is 11.8 Å². The van der Waals surface area contributed by atoms with E-state index in [1.165, 1.54) is 37.7 Å². The van der Waals surface area contributed by atoms with Crippen LogP contribution in [0.25, 0.3) is 11.1 Å². The van der Waals surface area contributed by atoms with E-state index in [1.54, 1.807) is 6.07 Å². The molecule has 0 heterocycles. The molecule has 0 aromatic heterocycles. The van der Waals surface area contributed by atoms with Crippen molar-refractivity contribution >= 4 is 0 Å². The molecule has 0 amide bonds. The van der Waals surface area contributed by atoms with Gasteiger partial charge in [0.1, 0.15) is 5.82 Å². The van der Waals surface area contributed by atoms with Gasteiger partial charge in [-0.05, 0) is 79.2 Å². The third-order valence-corrected chi connectivity index (χ3v) is 6.55. The summed E-state index contributed by atoms with van der Waals surface area (Å²) in [6, 6.07) is 5.09. The molecule has 0 saturated heterocycles. The predicted molar refractivity (Wildman–Crippen MR) is 103 cm³/mol. The van der Waals surface area contributed by atoms with Crippen molar-refractivity contribution in [1.82, 2.24) is 0 Å². The smallest absolute Gasteiger partial charge is 0.194 e. The van der Waals surface area contributed by atoms with Crippen molar-refractivity contribution in [2.75, 3.05) is 0 Å². The molecule has 0 unspecified atom stereocenters. The number of hydrogen-bond donors (Lipinski definition) is 0. The molecule has 2 aliphatic rings. The fourth-order valence-electron chi connectivity index (χ4n) is 4.76. The second-order valence-electron chi connectivity index (χ2n) is 8.10. The van der Waals surface area contributed by atoms with Crippen molar-refractivity contribution in [3.63, 3.8) is 0 Å². The van der Waals surface area contributed by atoms with Crippen LogP contribution in [0.4, 0.5) is 17.6 Å². The van der Waals surface area contributed by atoms with Gasteiger partial charge in [-0.3, -0.25) is 0 Å². The lowest BCUT2D eigenvalue weighted by Gasteiger charge is -2.31. The van der Waals surface area contributed by atoms with Crippen LogP contribution in [0, 0.1) is 35.1 Å². The number of benzene rings is 2. The molecule has 0 atom stereocenters. The average molecular weight is 388 g/mol. The summed E-state index contributed by atoms with van der Waals surface area (Å²) in [5.74, 6) is -3.20. The number of hydrogen-bond acceptors (Lipinski definition) is 0. The van der Waals surface area contributed by atoms with Crippen LogP contribution in [0.3, 0.4) is 0 Å². The van der Waals surface area contributed by atoms with Gasteiger partial charge in [-0.1, -0.05) is 37.1 Å². The second kappa shape index (κ2) is 7.73. The molecule has 0 spiro atoms. The largest absolute Gasteiger partial charge is 0.206 e. The normalized spacial score (nSPS) is 22.0. The zero-order valence-electron chi connectivity index (χ0n) is 16.0. The van der Waals surface area contributed by atoms with Gasteiger partial charge in [0, 0.05) is 5.56 Å². The van der Waals surface area contributed by atoms with E-state index < -0.39 is 23.3 Å². The van der Waals surface area contributed by atoms with Crippen LogP contribution in [0.2, 0.25) is 0 Å². The van der Waals surface area contributed by atoms with Gasteiger partial charge in [-0.2, -0.15) is 0 Å². The van der Waals surface area contributed by atoms with Gasteiger partial charge in [0.25, 0.3) is 0 Å². The Labute approximate surface area is 163 Å². The van der Waals surface area contributed by atoms with E-state index in [0.29, 0.717) is 17.9 Å². The zero-order valence-corrected chi connectivity index (χ0v) is 16.0. The first kappa shape index (κ1) is 19.2. The van der Waals surface area contributed by atoms with Crippen LogP contribution in [0.15, 0.2) is 35.9 Å². The summed E-state index contributed by atoms with van der Waals surface area (Å²) >= 11 is 0. The van der Waals surface area contributed by atoms with Crippen molar-refractivity contribution in [3.8, 4) is 11.1 Å². The summed E-state index contributed by atoms with van der Waals surface area (Å²) in [6.45, 7) is 2.25. The molecule has 2 aliphatic carbocycles. The molecule has 2 aromatic rings. The molecule has 2 aromatic carbocycles. The number of allylic oxidation sites excluding steroid dienone is 2. The molecule has 4 rings (SSSR count). The van der Waals surface area contributed by atoms with Gasteiger partial charge in [0.05, 0.1) is 0 Å². The summed E-state index contributed by atoms with van der Waals surface area (Å²) < 4.78 is 55.4. The van der Waals surface area contributed by atoms with Crippen LogP contribution >= 0.6 is 0 Å². The lowest BCUT2D eigenvalue weighted by molar-refractivity contribution is 0.292. The summed E-state index contributed by atoms with van der Waals surface area (Å²) in [4.78, 5) is 0. The Morgan fingerprint density at radius 3 is 2.21 bits per heavy atom. The SMILES string of the molecule is CCC1CCC(C2=CCc3c(ccc(-c4cc(F)c(F)c(F)c4)c3F)C2)CC1. The van der Waals surface area contributed by atoms with Crippen molar-refractivity contribution in [2.45, 2.75) is 51.9 Å². The number of halogens is 4. The first-order valence-electron chi connectivity index (χ1n) is 10.1. The fraction of sp³-hybridized carbons (Fsp3) is 0.417. The molecule has 0 N–H and O–H groups in total. The first-order valence-corrected chi connectivity index (χ1v) is 10.1. The monoisotopic (exact) mass is 388 g/mol.